The van der Waals surface area contributed by atoms with Crippen molar-refractivity contribution in [1.82, 2.24) is 24.6 Å². The Bertz CT molecular complexity index is 1350. The van der Waals surface area contributed by atoms with Gasteiger partial charge in [-0.25, -0.2) is 14.2 Å². The molecule has 9 heteroatoms. The van der Waals surface area contributed by atoms with E-state index in [4.69, 9.17) is 16.7 Å². The number of nitrogens with one attached hydrogen (secondary N) is 1. The fourth-order valence-corrected chi connectivity index (χ4v) is 4.37. The van der Waals surface area contributed by atoms with Crippen molar-refractivity contribution >= 4 is 40.9 Å². The lowest BCUT2D eigenvalue weighted by Crippen LogP contribution is -2.38. The fraction of sp³-hybridized carbons (Fsp3) is 0.208. The third-order valence-electron chi connectivity index (χ3n) is 6.01. The minimum Gasteiger partial charge on any atom is -0.465 e. The second-order valence-corrected chi connectivity index (χ2v) is 8.48. The summed E-state index contributed by atoms with van der Waals surface area (Å²) in [5.41, 5.74) is 4.31. The van der Waals surface area contributed by atoms with Gasteiger partial charge in [0.25, 0.3) is 0 Å². The van der Waals surface area contributed by atoms with Crippen LogP contribution in [0, 0.1) is 5.82 Å². The number of rotatable bonds is 4. The zero-order valence-electron chi connectivity index (χ0n) is 17.6. The predicted octanol–water partition coefficient (Wildman–Crippen LogP) is 5.70. The molecule has 3 aromatic heterocycles. The van der Waals surface area contributed by atoms with Crippen molar-refractivity contribution in [3.05, 3.63) is 71.0 Å². The van der Waals surface area contributed by atoms with Gasteiger partial charge in [0, 0.05) is 53.8 Å². The number of fused-ring (bicyclic) bond motifs is 1. The van der Waals surface area contributed by atoms with Gasteiger partial charge in [-0.2, -0.15) is 5.10 Å². The van der Waals surface area contributed by atoms with E-state index in [2.05, 4.69) is 21.1 Å². The molecule has 0 unspecified atom stereocenters. The first-order chi connectivity index (χ1) is 16.0. The molecule has 1 saturated heterocycles. The molecule has 1 amide bonds. The number of carbonyl (C=O) groups is 1. The van der Waals surface area contributed by atoms with Crippen LogP contribution in [0.1, 0.15) is 30.0 Å². The summed E-state index contributed by atoms with van der Waals surface area (Å²) < 4.78 is 15.2. The molecule has 33 heavy (non-hydrogen) atoms. The third kappa shape index (κ3) is 4.34. The van der Waals surface area contributed by atoms with Gasteiger partial charge in [-0.05, 0) is 36.6 Å². The molecule has 1 aliphatic heterocycles. The summed E-state index contributed by atoms with van der Waals surface area (Å²) in [7, 11) is 0. The highest BCUT2D eigenvalue weighted by atomic mass is 35.5. The maximum atomic E-state index is 13.3. The highest BCUT2D eigenvalue weighted by Gasteiger charge is 2.24. The van der Waals surface area contributed by atoms with E-state index in [1.807, 2.05) is 35.4 Å². The molecule has 1 aliphatic rings. The largest absolute Gasteiger partial charge is 0.465 e. The minimum atomic E-state index is -0.868. The van der Waals surface area contributed by atoms with Crippen molar-refractivity contribution < 1.29 is 14.3 Å². The summed E-state index contributed by atoms with van der Waals surface area (Å²) in [5, 5.41) is 15.0. The summed E-state index contributed by atoms with van der Waals surface area (Å²) >= 11 is 6.13. The number of pyridine rings is 1. The summed E-state index contributed by atoms with van der Waals surface area (Å²) in [6.45, 7) is 1.03. The predicted molar refractivity (Wildman–Crippen MR) is 126 cm³/mol. The Morgan fingerprint density at radius 1 is 1.15 bits per heavy atom. The van der Waals surface area contributed by atoms with Crippen molar-refractivity contribution in [1.29, 1.82) is 0 Å². The van der Waals surface area contributed by atoms with E-state index in [0.717, 1.165) is 46.1 Å². The van der Waals surface area contributed by atoms with Crippen LogP contribution in [-0.2, 0) is 0 Å². The van der Waals surface area contributed by atoms with E-state index < -0.39 is 6.09 Å². The monoisotopic (exact) mass is 465 g/mol. The Balaban J connectivity index is 1.38. The number of nitrogens with zero attached hydrogens (tertiary/aromatic N) is 4. The second kappa shape index (κ2) is 8.71. The van der Waals surface area contributed by atoms with E-state index in [-0.39, 0.29) is 11.9 Å². The minimum absolute atomic E-state index is 0.178. The van der Waals surface area contributed by atoms with E-state index in [1.54, 1.807) is 12.3 Å². The third-order valence-corrected chi connectivity index (χ3v) is 6.34. The number of benzene rings is 1. The van der Waals surface area contributed by atoms with Gasteiger partial charge in [0.15, 0.2) is 0 Å². The number of piperidine rings is 1. The fourth-order valence-electron chi connectivity index (χ4n) is 4.14. The van der Waals surface area contributed by atoms with E-state index in [0.29, 0.717) is 18.1 Å². The van der Waals surface area contributed by atoms with Crippen molar-refractivity contribution in [3.8, 4) is 11.1 Å². The number of likely N-dealkylation sites (tertiary alicyclic amines) is 1. The number of hydrogen-bond acceptors (Lipinski definition) is 3. The lowest BCUT2D eigenvalue weighted by Gasteiger charge is -2.30. The summed E-state index contributed by atoms with van der Waals surface area (Å²) in [4.78, 5) is 20.3. The van der Waals surface area contributed by atoms with Crippen molar-refractivity contribution in [2.24, 2.45) is 0 Å². The highest BCUT2D eigenvalue weighted by molar-refractivity contribution is 6.32. The number of amides is 1. The van der Waals surface area contributed by atoms with Crippen LogP contribution in [0.5, 0.6) is 0 Å². The molecule has 5 rings (SSSR count). The Morgan fingerprint density at radius 3 is 2.70 bits per heavy atom. The van der Waals surface area contributed by atoms with Gasteiger partial charge in [0.05, 0.1) is 17.3 Å². The van der Waals surface area contributed by atoms with Crippen LogP contribution in [-0.4, -0.2) is 48.9 Å². The van der Waals surface area contributed by atoms with E-state index >= 15 is 0 Å². The smallest absolute Gasteiger partial charge is 0.407 e. The first-order valence-corrected chi connectivity index (χ1v) is 11.0. The zero-order valence-corrected chi connectivity index (χ0v) is 18.3. The Labute approximate surface area is 194 Å². The second-order valence-electron chi connectivity index (χ2n) is 8.07. The van der Waals surface area contributed by atoms with Crippen molar-refractivity contribution in [2.75, 3.05) is 13.1 Å². The number of aromatic amines is 1. The molecule has 168 valence electrons. The normalized spacial score (nSPS) is 15.0. The van der Waals surface area contributed by atoms with Crippen LogP contribution in [0.4, 0.5) is 9.18 Å². The van der Waals surface area contributed by atoms with Crippen LogP contribution in [0.3, 0.4) is 0 Å². The Kier molecular flexibility index (Phi) is 5.60. The molecule has 0 atom stereocenters. The number of carboxylic acid groups (broad SMARTS) is 1. The average molecular weight is 466 g/mol. The lowest BCUT2D eigenvalue weighted by molar-refractivity contribution is 0.124. The summed E-state index contributed by atoms with van der Waals surface area (Å²) in [5.74, 6) is -0.369. The molecule has 2 N–H and O–H groups in total. The number of halogens is 2. The molecule has 0 bridgehead atoms. The number of aromatic nitrogens is 4. The quantitative estimate of drug-likeness (QED) is 0.404. The molecule has 1 aromatic carbocycles. The Morgan fingerprint density at radius 2 is 1.94 bits per heavy atom. The van der Waals surface area contributed by atoms with Crippen LogP contribution in [0.25, 0.3) is 34.3 Å². The zero-order chi connectivity index (χ0) is 22.9. The van der Waals surface area contributed by atoms with E-state index in [1.165, 1.54) is 17.0 Å². The molecule has 0 saturated carbocycles. The standard InChI is InChI=1S/C24H21ClFN5O2/c25-22-10-19(26)4-3-15(22)1-2-16-11-27-23-21(16)9-17(12-28-23)18-13-29-31(14-18)20-5-7-30(8-6-20)24(32)33/h1-4,9-14,20H,5-8H2,(H,27,28)(H,32,33)/b2-1+. The Hall–Kier alpha value is -3.65. The number of hydrogen-bond donors (Lipinski definition) is 2. The maximum Gasteiger partial charge on any atom is 0.407 e. The first kappa shape index (κ1) is 21.2. The average Bonchev–Trinajstić information content (AvgIpc) is 3.46. The molecule has 4 heterocycles. The highest BCUT2D eigenvalue weighted by Crippen LogP contribution is 2.29. The topological polar surface area (TPSA) is 87.0 Å². The van der Waals surface area contributed by atoms with Gasteiger partial charge in [0.2, 0.25) is 0 Å². The molecule has 4 aromatic rings. The van der Waals surface area contributed by atoms with Gasteiger partial charge in [-0.3, -0.25) is 4.68 Å². The van der Waals surface area contributed by atoms with Gasteiger partial charge in [-0.15, -0.1) is 0 Å². The van der Waals surface area contributed by atoms with Crippen LogP contribution in [0.2, 0.25) is 5.02 Å². The molecule has 0 spiro atoms. The molecule has 0 radical (unpaired) electrons. The molecule has 0 aliphatic carbocycles. The van der Waals surface area contributed by atoms with E-state index in [9.17, 15) is 9.18 Å². The van der Waals surface area contributed by atoms with Gasteiger partial charge >= 0.3 is 6.09 Å². The molecular formula is C24H21ClFN5O2. The maximum absolute atomic E-state index is 13.3. The van der Waals surface area contributed by atoms with Gasteiger partial charge in [0.1, 0.15) is 11.5 Å². The molecular weight excluding hydrogens is 445 g/mol. The lowest BCUT2D eigenvalue weighted by atomic mass is 10.1. The SMILES string of the molecule is O=C(O)N1CCC(n2cc(-c3cnc4[nH]cc(/C=C/c5ccc(F)cc5Cl)c4c3)cn2)CC1. The molecule has 1 fully saturated rings. The van der Waals surface area contributed by atoms with Gasteiger partial charge < -0.3 is 15.0 Å². The summed E-state index contributed by atoms with van der Waals surface area (Å²) in [6, 6.07) is 6.54. The summed E-state index contributed by atoms with van der Waals surface area (Å²) in [6.07, 6.45) is 11.9. The van der Waals surface area contributed by atoms with Crippen LogP contribution in [0.15, 0.2) is 49.1 Å². The molecule has 7 nitrogen and oxygen atoms in total. The first-order valence-electron chi connectivity index (χ1n) is 10.6. The number of H-pyrrole nitrogens is 1. The van der Waals surface area contributed by atoms with Crippen LogP contribution >= 0.6 is 11.6 Å². The van der Waals surface area contributed by atoms with Crippen LogP contribution < -0.4 is 0 Å². The van der Waals surface area contributed by atoms with Gasteiger partial charge in [-0.1, -0.05) is 29.8 Å². The van der Waals surface area contributed by atoms with Crippen molar-refractivity contribution in [2.45, 2.75) is 18.9 Å². The van der Waals surface area contributed by atoms with Crippen molar-refractivity contribution in [3.63, 3.8) is 0 Å².